The highest BCUT2D eigenvalue weighted by Crippen LogP contribution is 2.07. The Kier molecular flexibility index (Phi) is 21.7. The van der Waals surface area contributed by atoms with E-state index in [9.17, 15) is 0 Å². The van der Waals surface area contributed by atoms with Gasteiger partial charge < -0.3 is 9.84 Å². The number of rotatable bonds is 1. The molecule has 12 heavy (non-hydrogen) atoms. The van der Waals surface area contributed by atoms with Crippen molar-refractivity contribution in [1.82, 2.24) is 0 Å². The number of hydrogen-bond donors (Lipinski definition) is 3. The molecule has 0 heterocycles. The molecule has 0 bridgehead atoms. The van der Waals surface area contributed by atoms with E-state index in [1.807, 2.05) is 0 Å². The first kappa shape index (κ1) is 18.4. The third kappa shape index (κ3) is 374. The summed E-state index contributed by atoms with van der Waals surface area (Å²) in [5, 5.41) is 7.80. The molecule has 2 nitrogen and oxygen atoms in total. The maximum Gasteiger partial charge on any atom is 0.0519 e. The number of hydrogen-bond acceptors (Lipinski definition) is 4. The molecule has 0 aromatic carbocycles. The highest BCUT2D eigenvalue weighted by molar-refractivity contribution is 7.81. The second-order valence-corrected chi connectivity index (χ2v) is 4.82. The van der Waals surface area contributed by atoms with Crippen LogP contribution >= 0.6 is 25.3 Å². The summed E-state index contributed by atoms with van der Waals surface area (Å²) in [6.07, 6.45) is 0. The van der Waals surface area contributed by atoms with E-state index in [1.165, 1.54) is 0 Å². The van der Waals surface area contributed by atoms with Crippen molar-refractivity contribution < 1.29 is 9.84 Å². The normalized spacial score (nSPS) is 9.00. The number of thiol groups is 2. The second-order valence-electron chi connectivity index (χ2n) is 3.03. The molecule has 0 radical (unpaired) electrons. The molecule has 0 unspecified atom stereocenters. The van der Waals surface area contributed by atoms with Crippen molar-refractivity contribution >= 4 is 25.3 Å². The fourth-order valence-corrected chi connectivity index (χ4v) is 0. The molecule has 1 N–H and O–H groups in total. The second kappa shape index (κ2) is 14.2. The molecule has 0 saturated carbocycles. The van der Waals surface area contributed by atoms with E-state index in [0.717, 1.165) is 0 Å². The van der Waals surface area contributed by atoms with E-state index < -0.39 is 0 Å². The molecule has 0 fully saturated rings. The fourth-order valence-electron chi connectivity index (χ4n) is 0. The lowest BCUT2D eigenvalue weighted by atomic mass is 10.3. The molecule has 0 spiro atoms. The average molecular weight is 214 g/mol. The van der Waals surface area contributed by atoms with Crippen LogP contribution in [0.3, 0.4) is 0 Å². The van der Waals surface area contributed by atoms with Crippen LogP contribution in [0.15, 0.2) is 0 Å². The van der Waals surface area contributed by atoms with Crippen molar-refractivity contribution in [3.8, 4) is 0 Å². The van der Waals surface area contributed by atoms with Crippen molar-refractivity contribution in [3.05, 3.63) is 0 Å². The van der Waals surface area contributed by atoms with E-state index in [4.69, 9.17) is 5.11 Å². The van der Waals surface area contributed by atoms with Crippen molar-refractivity contribution in [2.75, 3.05) is 26.6 Å². The Bertz CT molecular complexity index is 54.6. The van der Waals surface area contributed by atoms with Gasteiger partial charge in [0.15, 0.2) is 0 Å². The molecule has 0 aliphatic carbocycles. The summed E-state index contributed by atoms with van der Waals surface area (Å²) in [5.74, 6) is 0.569. The topological polar surface area (TPSA) is 29.5 Å². The van der Waals surface area contributed by atoms with Gasteiger partial charge >= 0.3 is 0 Å². The van der Waals surface area contributed by atoms with E-state index in [2.05, 4.69) is 50.8 Å². The summed E-state index contributed by atoms with van der Waals surface area (Å²) in [4.78, 5) is 0. The van der Waals surface area contributed by atoms with Gasteiger partial charge in [0, 0.05) is 24.7 Å². The SMILES string of the molecule is CC(C)(C)S.COC.OCCS. The lowest BCUT2D eigenvalue weighted by molar-refractivity contribution is 0.277. The Morgan fingerprint density at radius 2 is 1.33 bits per heavy atom. The minimum absolute atomic E-state index is 0.184. The lowest BCUT2D eigenvalue weighted by Crippen LogP contribution is -1.99. The average Bonchev–Trinajstić information content (AvgIpc) is 1.85. The fraction of sp³-hybridized carbons (Fsp3) is 1.00. The predicted octanol–water partition coefficient (Wildman–Crippen LogP) is 1.89. The molecule has 0 atom stereocenters. The summed E-state index contributed by atoms with van der Waals surface area (Å²) < 4.78 is 4.44. The van der Waals surface area contributed by atoms with Gasteiger partial charge in [-0.3, -0.25) is 0 Å². The third-order valence-corrected chi connectivity index (χ3v) is 0.300. The molecule has 0 rings (SSSR count). The van der Waals surface area contributed by atoms with E-state index in [0.29, 0.717) is 5.75 Å². The molecule has 0 aromatic rings. The molecule has 0 amide bonds. The Hall–Kier alpha value is 0.620. The van der Waals surface area contributed by atoms with Crippen LogP contribution in [-0.2, 0) is 4.74 Å². The highest BCUT2D eigenvalue weighted by Gasteiger charge is 1.96. The molecule has 4 heteroatoms. The van der Waals surface area contributed by atoms with Gasteiger partial charge in [0.1, 0.15) is 0 Å². The van der Waals surface area contributed by atoms with Gasteiger partial charge in [-0.2, -0.15) is 25.3 Å². The minimum Gasteiger partial charge on any atom is -0.396 e. The molecular formula is C8H22O2S2. The van der Waals surface area contributed by atoms with E-state index >= 15 is 0 Å². The van der Waals surface area contributed by atoms with Gasteiger partial charge in [-0.1, -0.05) is 20.8 Å². The third-order valence-electron chi connectivity index (χ3n) is 0.1000. The zero-order valence-corrected chi connectivity index (χ0v) is 10.5. The van der Waals surface area contributed by atoms with Crippen molar-refractivity contribution in [2.24, 2.45) is 0 Å². The van der Waals surface area contributed by atoms with Gasteiger partial charge in [-0.25, -0.2) is 0 Å². The van der Waals surface area contributed by atoms with Crippen LogP contribution in [-0.4, -0.2) is 36.4 Å². The van der Waals surface area contributed by atoms with Crippen LogP contribution in [0.25, 0.3) is 0 Å². The van der Waals surface area contributed by atoms with Crippen LogP contribution in [0, 0.1) is 0 Å². The predicted molar refractivity (Wildman–Crippen MR) is 62.6 cm³/mol. The highest BCUT2D eigenvalue weighted by atomic mass is 32.1. The molecule has 0 aliphatic rings. The zero-order chi connectivity index (χ0) is 10.6. The first-order valence-corrected chi connectivity index (χ1v) is 4.75. The summed E-state index contributed by atoms with van der Waals surface area (Å²) in [6, 6.07) is 0. The van der Waals surface area contributed by atoms with Gasteiger partial charge in [-0.15, -0.1) is 0 Å². The summed E-state index contributed by atoms with van der Waals surface area (Å²) in [7, 11) is 3.25. The van der Waals surface area contributed by atoms with Crippen molar-refractivity contribution in [3.63, 3.8) is 0 Å². The Balaban J connectivity index is -0.000000105. The van der Waals surface area contributed by atoms with Gasteiger partial charge in [0.25, 0.3) is 0 Å². The monoisotopic (exact) mass is 214 g/mol. The van der Waals surface area contributed by atoms with Crippen LogP contribution < -0.4 is 0 Å². The maximum absolute atomic E-state index is 7.80. The minimum atomic E-state index is 0.184. The smallest absolute Gasteiger partial charge is 0.0519 e. The summed E-state index contributed by atoms with van der Waals surface area (Å²) >= 11 is 7.79. The molecule has 0 aliphatic heterocycles. The molecule has 78 valence electrons. The van der Waals surface area contributed by atoms with Gasteiger partial charge in [0.05, 0.1) is 6.61 Å². The zero-order valence-electron chi connectivity index (χ0n) is 8.66. The maximum atomic E-state index is 7.80. The molecule has 0 saturated heterocycles. The van der Waals surface area contributed by atoms with Crippen molar-refractivity contribution in [1.29, 1.82) is 0 Å². The Morgan fingerprint density at radius 3 is 1.33 bits per heavy atom. The summed E-state index contributed by atoms with van der Waals surface area (Å²) in [5.41, 5.74) is 0. The van der Waals surface area contributed by atoms with E-state index in [-0.39, 0.29) is 11.4 Å². The number of aliphatic hydroxyl groups excluding tert-OH is 1. The van der Waals surface area contributed by atoms with Crippen LogP contribution in [0.4, 0.5) is 0 Å². The van der Waals surface area contributed by atoms with Crippen molar-refractivity contribution in [2.45, 2.75) is 25.5 Å². The Morgan fingerprint density at radius 1 is 1.25 bits per heavy atom. The van der Waals surface area contributed by atoms with Crippen LogP contribution in [0.5, 0.6) is 0 Å². The van der Waals surface area contributed by atoms with Crippen LogP contribution in [0.2, 0.25) is 0 Å². The van der Waals surface area contributed by atoms with Gasteiger partial charge in [-0.05, 0) is 0 Å². The largest absolute Gasteiger partial charge is 0.396 e. The quantitative estimate of drug-likeness (QED) is 0.582. The first-order valence-electron chi connectivity index (χ1n) is 3.67. The standard InChI is InChI=1S/C4H10S.C2H6OS.C2H6O/c1-4(2,3)5;3-1-2-4;1-3-2/h5H,1-3H3;3-4H,1-2H2;1-2H3. The lowest BCUT2D eigenvalue weighted by Gasteiger charge is -2.04. The first-order chi connectivity index (χ1) is 5.33. The number of ether oxygens (including phenoxy) is 1. The number of aliphatic hydroxyl groups is 1. The Labute approximate surface area is 87.5 Å². The van der Waals surface area contributed by atoms with Crippen LogP contribution in [0.1, 0.15) is 20.8 Å². The van der Waals surface area contributed by atoms with E-state index in [1.54, 1.807) is 14.2 Å². The molecule has 0 aromatic heterocycles. The van der Waals surface area contributed by atoms with Gasteiger partial charge in [0.2, 0.25) is 0 Å². The number of methoxy groups -OCH3 is 1. The summed E-state index contributed by atoms with van der Waals surface area (Å²) in [6.45, 7) is 6.34. The molecular weight excluding hydrogens is 192 g/mol.